The van der Waals surface area contributed by atoms with E-state index in [4.69, 9.17) is 0 Å². The van der Waals surface area contributed by atoms with Crippen molar-refractivity contribution in [3.63, 3.8) is 0 Å². The van der Waals surface area contributed by atoms with E-state index in [0.29, 0.717) is 6.04 Å². The van der Waals surface area contributed by atoms with Gasteiger partial charge in [0.15, 0.2) is 0 Å². The first kappa shape index (κ1) is 12.4. The Balaban J connectivity index is 1.71. The summed E-state index contributed by atoms with van der Waals surface area (Å²) in [5.74, 6) is 0. The molecule has 0 radical (unpaired) electrons. The third-order valence-electron chi connectivity index (χ3n) is 3.55. The van der Waals surface area contributed by atoms with Gasteiger partial charge in [0, 0.05) is 30.9 Å². The highest BCUT2D eigenvalue weighted by Crippen LogP contribution is 2.29. The lowest BCUT2D eigenvalue weighted by molar-refractivity contribution is 0.452. The number of hydrogen-bond acceptors (Lipinski definition) is 3. The number of fused-ring (bicyclic) bond motifs is 1. The molecule has 1 atom stereocenters. The Kier molecular flexibility index (Phi) is 3.54. The van der Waals surface area contributed by atoms with Crippen molar-refractivity contribution in [2.24, 2.45) is 7.05 Å². The molecular formula is C13H16BrN3S. The molecule has 0 fully saturated rings. The van der Waals surface area contributed by atoms with E-state index in [1.54, 1.807) is 11.3 Å². The van der Waals surface area contributed by atoms with E-state index in [-0.39, 0.29) is 0 Å². The average molecular weight is 326 g/mol. The van der Waals surface area contributed by atoms with Gasteiger partial charge in [-0.05, 0) is 52.2 Å². The van der Waals surface area contributed by atoms with Gasteiger partial charge in [-0.2, -0.15) is 5.10 Å². The Morgan fingerprint density at radius 2 is 2.50 bits per heavy atom. The summed E-state index contributed by atoms with van der Waals surface area (Å²) in [6.07, 6.45) is 5.64. The van der Waals surface area contributed by atoms with E-state index in [2.05, 4.69) is 37.8 Å². The molecular weight excluding hydrogens is 310 g/mol. The van der Waals surface area contributed by atoms with Crippen LogP contribution in [0, 0.1) is 0 Å². The topological polar surface area (TPSA) is 29.9 Å². The van der Waals surface area contributed by atoms with Crippen molar-refractivity contribution in [3.8, 4) is 0 Å². The number of thiophene rings is 1. The van der Waals surface area contributed by atoms with Crippen LogP contribution in [0.1, 0.15) is 35.7 Å². The van der Waals surface area contributed by atoms with Crippen molar-refractivity contribution in [3.05, 3.63) is 38.3 Å². The molecule has 3 rings (SSSR count). The van der Waals surface area contributed by atoms with Crippen LogP contribution in [0.3, 0.4) is 0 Å². The zero-order chi connectivity index (χ0) is 12.5. The van der Waals surface area contributed by atoms with Crippen molar-refractivity contribution in [1.29, 1.82) is 0 Å². The summed E-state index contributed by atoms with van der Waals surface area (Å²) in [7, 11) is 2.04. The molecule has 96 valence electrons. The molecule has 0 saturated carbocycles. The third-order valence-corrected chi connectivity index (χ3v) is 5.10. The zero-order valence-corrected chi connectivity index (χ0v) is 12.7. The Bertz CT molecular complexity index is 546. The lowest BCUT2D eigenvalue weighted by Gasteiger charge is -2.23. The molecule has 0 aromatic carbocycles. The largest absolute Gasteiger partial charge is 0.306 e. The fourth-order valence-electron chi connectivity index (χ4n) is 2.60. The standard InChI is InChI=1S/C13H16BrN3S/c1-17-12-4-2-3-11(10(12)7-16-17)15-6-9-5-13(14)18-8-9/h5,7-8,11,15H,2-4,6H2,1H3. The molecule has 0 spiro atoms. The van der Waals surface area contributed by atoms with Crippen molar-refractivity contribution in [1.82, 2.24) is 15.1 Å². The number of halogens is 1. The van der Waals surface area contributed by atoms with Gasteiger partial charge in [-0.3, -0.25) is 4.68 Å². The van der Waals surface area contributed by atoms with Crippen molar-refractivity contribution in [2.75, 3.05) is 0 Å². The first-order chi connectivity index (χ1) is 8.74. The van der Waals surface area contributed by atoms with Crippen LogP contribution in [0.2, 0.25) is 0 Å². The molecule has 2 aromatic rings. The number of aromatic nitrogens is 2. The van der Waals surface area contributed by atoms with E-state index in [1.807, 2.05) is 17.9 Å². The third kappa shape index (κ3) is 2.39. The van der Waals surface area contributed by atoms with Crippen molar-refractivity contribution >= 4 is 27.3 Å². The minimum absolute atomic E-state index is 0.459. The second-order valence-corrected chi connectivity index (χ2v) is 7.05. The van der Waals surface area contributed by atoms with Gasteiger partial charge in [0.25, 0.3) is 0 Å². The van der Waals surface area contributed by atoms with Crippen molar-refractivity contribution in [2.45, 2.75) is 31.8 Å². The molecule has 2 aromatic heterocycles. The number of aryl methyl sites for hydroxylation is 1. The number of nitrogens with one attached hydrogen (secondary N) is 1. The fraction of sp³-hybridized carbons (Fsp3) is 0.462. The molecule has 2 heterocycles. The Labute approximate surface area is 119 Å². The Morgan fingerprint density at radius 1 is 1.61 bits per heavy atom. The van der Waals surface area contributed by atoms with Gasteiger partial charge < -0.3 is 5.32 Å². The summed E-state index contributed by atoms with van der Waals surface area (Å²) >= 11 is 5.25. The van der Waals surface area contributed by atoms with Crippen LogP contribution in [0.5, 0.6) is 0 Å². The number of nitrogens with zero attached hydrogens (tertiary/aromatic N) is 2. The maximum absolute atomic E-state index is 4.38. The van der Waals surface area contributed by atoms with E-state index < -0.39 is 0 Å². The summed E-state index contributed by atoms with van der Waals surface area (Å²) in [5.41, 5.74) is 4.13. The van der Waals surface area contributed by atoms with Crippen LogP contribution >= 0.6 is 27.3 Å². The smallest absolute Gasteiger partial charge is 0.0701 e. The lowest BCUT2D eigenvalue weighted by Crippen LogP contribution is -2.24. The SMILES string of the molecule is Cn1ncc2c1CCCC2NCc1csc(Br)c1. The first-order valence-electron chi connectivity index (χ1n) is 6.21. The maximum atomic E-state index is 4.38. The second-order valence-electron chi connectivity index (χ2n) is 4.75. The van der Waals surface area contributed by atoms with Crippen molar-refractivity contribution < 1.29 is 0 Å². The minimum Gasteiger partial charge on any atom is -0.306 e. The molecule has 1 aliphatic rings. The predicted octanol–water partition coefficient (Wildman–Crippen LogP) is 3.41. The zero-order valence-electron chi connectivity index (χ0n) is 10.3. The van der Waals surface area contributed by atoms with E-state index >= 15 is 0 Å². The van der Waals surface area contributed by atoms with Crippen LogP contribution < -0.4 is 5.32 Å². The number of rotatable bonds is 3. The van der Waals surface area contributed by atoms with Gasteiger partial charge in [-0.1, -0.05) is 0 Å². The van der Waals surface area contributed by atoms with Crippen LogP contribution in [-0.4, -0.2) is 9.78 Å². The van der Waals surface area contributed by atoms with Gasteiger partial charge in [0.05, 0.1) is 9.98 Å². The Morgan fingerprint density at radius 3 is 3.28 bits per heavy atom. The quantitative estimate of drug-likeness (QED) is 0.937. The lowest BCUT2D eigenvalue weighted by atomic mass is 9.93. The summed E-state index contributed by atoms with van der Waals surface area (Å²) < 4.78 is 3.22. The molecule has 1 aliphatic carbocycles. The first-order valence-corrected chi connectivity index (χ1v) is 7.88. The summed E-state index contributed by atoms with van der Waals surface area (Å²) in [6.45, 7) is 0.932. The van der Waals surface area contributed by atoms with Crippen LogP contribution in [0.15, 0.2) is 21.4 Å². The number of hydrogen-bond donors (Lipinski definition) is 1. The molecule has 1 N–H and O–H groups in total. The van der Waals surface area contributed by atoms with Crippen LogP contribution in [-0.2, 0) is 20.0 Å². The summed E-state index contributed by atoms with van der Waals surface area (Å²) in [5, 5.41) is 10.2. The molecule has 1 unspecified atom stereocenters. The average Bonchev–Trinajstić information content (AvgIpc) is 2.94. The fourth-order valence-corrected chi connectivity index (χ4v) is 3.81. The van der Waals surface area contributed by atoms with Gasteiger partial charge in [0.2, 0.25) is 0 Å². The minimum atomic E-state index is 0.459. The predicted molar refractivity (Wildman–Crippen MR) is 77.7 cm³/mol. The van der Waals surface area contributed by atoms with Gasteiger partial charge >= 0.3 is 0 Å². The summed E-state index contributed by atoms with van der Waals surface area (Å²) in [6, 6.07) is 2.64. The van der Waals surface area contributed by atoms with Gasteiger partial charge in [0.1, 0.15) is 0 Å². The highest BCUT2D eigenvalue weighted by atomic mass is 79.9. The Hall–Kier alpha value is -0.650. The molecule has 0 saturated heterocycles. The van der Waals surface area contributed by atoms with E-state index in [9.17, 15) is 0 Å². The highest BCUT2D eigenvalue weighted by Gasteiger charge is 2.22. The van der Waals surface area contributed by atoms with E-state index in [1.165, 1.54) is 33.4 Å². The van der Waals surface area contributed by atoms with Crippen LogP contribution in [0.25, 0.3) is 0 Å². The second kappa shape index (κ2) is 5.15. The normalized spacial score (nSPS) is 18.9. The molecule has 0 amide bonds. The van der Waals surface area contributed by atoms with E-state index in [0.717, 1.165) is 13.0 Å². The summed E-state index contributed by atoms with van der Waals surface area (Å²) in [4.78, 5) is 0. The molecule has 0 aliphatic heterocycles. The van der Waals surface area contributed by atoms with Crippen LogP contribution in [0.4, 0.5) is 0 Å². The monoisotopic (exact) mass is 325 g/mol. The molecule has 5 heteroatoms. The maximum Gasteiger partial charge on any atom is 0.0701 e. The van der Waals surface area contributed by atoms with Gasteiger partial charge in [-0.25, -0.2) is 0 Å². The molecule has 3 nitrogen and oxygen atoms in total. The molecule has 18 heavy (non-hydrogen) atoms. The molecule has 0 bridgehead atoms. The highest BCUT2D eigenvalue weighted by molar-refractivity contribution is 9.11. The van der Waals surface area contributed by atoms with Gasteiger partial charge in [-0.15, -0.1) is 11.3 Å².